The number of furan rings is 1. The molecule has 0 bridgehead atoms. The summed E-state index contributed by atoms with van der Waals surface area (Å²) >= 11 is 13.2. The molecule has 0 aliphatic heterocycles. The standard InChI is InChI=1S/C18H18Cl2N4O2S/c1-10(2)24-17(13-6-7-26-11(13)3)22-23-18(24)27-9-16(25)21-12-4-5-14(19)15(20)8-12/h4-8,10H,9H2,1-3H3,(H,21,25). The van der Waals surface area contributed by atoms with E-state index in [1.165, 1.54) is 11.8 Å². The van der Waals surface area contributed by atoms with Gasteiger partial charge >= 0.3 is 0 Å². The number of aryl methyl sites for hydroxylation is 1. The second-order valence-electron chi connectivity index (χ2n) is 6.13. The monoisotopic (exact) mass is 424 g/mol. The molecule has 0 saturated carbocycles. The normalized spacial score (nSPS) is 11.2. The van der Waals surface area contributed by atoms with Crippen LogP contribution < -0.4 is 5.32 Å². The summed E-state index contributed by atoms with van der Waals surface area (Å²) in [6, 6.07) is 6.95. The first-order chi connectivity index (χ1) is 12.9. The molecule has 0 aliphatic rings. The van der Waals surface area contributed by atoms with Crippen molar-refractivity contribution in [3.8, 4) is 11.4 Å². The third-order valence-corrected chi connectivity index (χ3v) is 5.50. The Bertz CT molecular complexity index is 968. The van der Waals surface area contributed by atoms with E-state index in [1.807, 2.05) is 31.4 Å². The summed E-state index contributed by atoms with van der Waals surface area (Å²) in [5.74, 6) is 1.52. The topological polar surface area (TPSA) is 72.9 Å². The molecule has 0 saturated heterocycles. The zero-order chi connectivity index (χ0) is 19.6. The number of hydrogen-bond acceptors (Lipinski definition) is 5. The number of nitrogens with one attached hydrogen (secondary N) is 1. The lowest BCUT2D eigenvalue weighted by molar-refractivity contribution is -0.113. The van der Waals surface area contributed by atoms with Crippen molar-refractivity contribution >= 4 is 46.6 Å². The lowest BCUT2D eigenvalue weighted by Gasteiger charge is -2.13. The van der Waals surface area contributed by atoms with E-state index in [0.29, 0.717) is 20.9 Å². The van der Waals surface area contributed by atoms with E-state index in [9.17, 15) is 4.79 Å². The number of halogens is 2. The van der Waals surface area contributed by atoms with Gasteiger partial charge in [-0.15, -0.1) is 10.2 Å². The highest BCUT2D eigenvalue weighted by Gasteiger charge is 2.20. The minimum Gasteiger partial charge on any atom is -0.469 e. The van der Waals surface area contributed by atoms with E-state index >= 15 is 0 Å². The number of aromatic nitrogens is 3. The van der Waals surface area contributed by atoms with Gasteiger partial charge in [-0.3, -0.25) is 9.36 Å². The fourth-order valence-corrected chi connectivity index (χ4v) is 3.71. The van der Waals surface area contributed by atoms with Crippen LogP contribution in [0.2, 0.25) is 10.0 Å². The van der Waals surface area contributed by atoms with Crippen molar-refractivity contribution in [2.24, 2.45) is 0 Å². The molecule has 1 amide bonds. The zero-order valence-electron chi connectivity index (χ0n) is 15.0. The van der Waals surface area contributed by atoms with Crippen LogP contribution in [-0.4, -0.2) is 26.4 Å². The molecule has 0 radical (unpaired) electrons. The molecule has 0 unspecified atom stereocenters. The van der Waals surface area contributed by atoms with Gasteiger partial charge in [0.25, 0.3) is 0 Å². The highest BCUT2D eigenvalue weighted by Crippen LogP contribution is 2.30. The SMILES string of the molecule is Cc1occc1-c1nnc(SCC(=O)Nc2ccc(Cl)c(Cl)c2)n1C(C)C. The van der Waals surface area contributed by atoms with Crippen molar-refractivity contribution < 1.29 is 9.21 Å². The van der Waals surface area contributed by atoms with Crippen molar-refractivity contribution in [3.63, 3.8) is 0 Å². The van der Waals surface area contributed by atoms with Crippen molar-refractivity contribution in [1.29, 1.82) is 0 Å². The first-order valence-corrected chi connectivity index (χ1v) is 9.98. The molecular formula is C18H18Cl2N4O2S. The Labute approximate surface area is 171 Å². The van der Waals surface area contributed by atoms with Crippen molar-refractivity contribution in [1.82, 2.24) is 14.8 Å². The molecule has 0 spiro atoms. The van der Waals surface area contributed by atoms with Crippen LogP contribution in [0.15, 0.2) is 40.1 Å². The average molecular weight is 425 g/mol. The molecule has 1 aromatic carbocycles. The Hall–Kier alpha value is -1.96. The molecule has 3 aromatic rings. The third-order valence-electron chi connectivity index (χ3n) is 3.82. The molecule has 0 fully saturated rings. The van der Waals surface area contributed by atoms with E-state index in [1.54, 1.807) is 24.5 Å². The van der Waals surface area contributed by atoms with E-state index in [2.05, 4.69) is 15.5 Å². The van der Waals surface area contributed by atoms with Gasteiger partial charge in [-0.05, 0) is 45.0 Å². The van der Waals surface area contributed by atoms with Gasteiger partial charge in [-0.25, -0.2) is 0 Å². The van der Waals surface area contributed by atoms with Crippen LogP contribution >= 0.6 is 35.0 Å². The fraction of sp³-hybridized carbons (Fsp3) is 0.278. The molecule has 2 heterocycles. The zero-order valence-corrected chi connectivity index (χ0v) is 17.3. The Morgan fingerprint density at radius 3 is 2.67 bits per heavy atom. The fourth-order valence-electron chi connectivity index (χ4n) is 2.54. The minimum absolute atomic E-state index is 0.130. The molecule has 0 aliphatic carbocycles. The number of anilines is 1. The van der Waals surface area contributed by atoms with Crippen LogP contribution in [0.4, 0.5) is 5.69 Å². The smallest absolute Gasteiger partial charge is 0.234 e. The van der Waals surface area contributed by atoms with Gasteiger partial charge in [0.1, 0.15) is 5.76 Å². The first kappa shape index (κ1) is 19.8. The van der Waals surface area contributed by atoms with Crippen LogP contribution in [0.25, 0.3) is 11.4 Å². The highest BCUT2D eigenvalue weighted by molar-refractivity contribution is 7.99. The molecule has 2 aromatic heterocycles. The number of amides is 1. The molecule has 9 heteroatoms. The maximum absolute atomic E-state index is 12.3. The Balaban J connectivity index is 1.72. The number of carbonyl (C=O) groups excluding carboxylic acids is 1. The van der Waals surface area contributed by atoms with Gasteiger partial charge in [-0.1, -0.05) is 35.0 Å². The van der Waals surface area contributed by atoms with Gasteiger partial charge in [-0.2, -0.15) is 0 Å². The Kier molecular flexibility index (Phi) is 6.14. The summed E-state index contributed by atoms with van der Waals surface area (Å²) in [6.45, 7) is 5.97. The highest BCUT2D eigenvalue weighted by atomic mass is 35.5. The number of nitrogens with zero attached hydrogens (tertiary/aromatic N) is 3. The second kappa shape index (κ2) is 8.37. The van der Waals surface area contributed by atoms with E-state index in [4.69, 9.17) is 27.6 Å². The summed E-state index contributed by atoms with van der Waals surface area (Å²) in [5, 5.41) is 12.8. The third kappa shape index (κ3) is 4.48. The largest absolute Gasteiger partial charge is 0.469 e. The first-order valence-electron chi connectivity index (χ1n) is 8.24. The summed E-state index contributed by atoms with van der Waals surface area (Å²) in [6.07, 6.45) is 1.63. The molecule has 1 N–H and O–H groups in total. The van der Waals surface area contributed by atoms with Gasteiger partial charge in [0, 0.05) is 11.7 Å². The lowest BCUT2D eigenvalue weighted by atomic mass is 10.2. The Morgan fingerprint density at radius 2 is 2.04 bits per heavy atom. The number of carbonyl (C=O) groups is 1. The van der Waals surface area contributed by atoms with Gasteiger partial charge in [0.05, 0.1) is 27.6 Å². The molecule has 27 heavy (non-hydrogen) atoms. The number of rotatable bonds is 6. The van der Waals surface area contributed by atoms with E-state index < -0.39 is 0 Å². The summed E-state index contributed by atoms with van der Waals surface area (Å²) in [4.78, 5) is 12.3. The predicted octanol–water partition coefficient (Wildman–Crippen LogP) is 5.47. The number of hydrogen-bond donors (Lipinski definition) is 1. The summed E-state index contributed by atoms with van der Waals surface area (Å²) < 4.78 is 7.37. The molecule has 3 rings (SSSR count). The van der Waals surface area contributed by atoms with Crippen LogP contribution in [-0.2, 0) is 4.79 Å². The molecular weight excluding hydrogens is 407 g/mol. The van der Waals surface area contributed by atoms with Gasteiger partial charge in [0.2, 0.25) is 5.91 Å². The summed E-state index contributed by atoms with van der Waals surface area (Å²) in [5.41, 5.74) is 1.48. The number of benzene rings is 1. The van der Waals surface area contributed by atoms with Crippen LogP contribution in [0.1, 0.15) is 25.6 Å². The van der Waals surface area contributed by atoms with E-state index in [0.717, 1.165) is 17.1 Å². The quantitative estimate of drug-likeness (QED) is 0.531. The maximum atomic E-state index is 12.3. The van der Waals surface area contributed by atoms with Gasteiger partial charge in [0.15, 0.2) is 11.0 Å². The molecule has 6 nitrogen and oxygen atoms in total. The molecule has 142 valence electrons. The minimum atomic E-state index is -0.169. The molecule has 0 atom stereocenters. The average Bonchev–Trinajstić information content (AvgIpc) is 3.22. The van der Waals surface area contributed by atoms with Crippen LogP contribution in [0.3, 0.4) is 0 Å². The van der Waals surface area contributed by atoms with Crippen LogP contribution in [0.5, 0.6) is 0 Å². The van der Waals surface area contributed by atoms with Crippen molar-refractivity contribution in [2.75, 3.05) is 11.1 Å². The summed E-state index contributed by atoms with van der Waals surface area (Å²) in [7, 11) is 0. The maximum Gasteiger partial charge on any atom is 0.234 e. The van der Waals surface area contributed by atoms with Crippen LogP contribution in [0, 0.1) is 6.92 Å². The number of thioether (sulfide) groups is 1. The Morgan fingerprint density at radius 1 is 1.26 bits per heavy atom. The van der Waals surface area contributed by atoms with Crippen molar-refractivity contribution in [3.05, 3.63) is 46.3 Å². The lowest BCUT2D eigenvalue weighted by Crippen LogP contribution is -2.15. The van der Waals surface area contributed by atoms with Crippen molar-refractivity contribution in [2.45, 2.75) is 32.0 Å². The second-order valence-corrected chi connectivity index (χ2v) is 7.88. The van der Waals surface area contributed by atoms with E-state index in [-0.39, 0.29) is 17.7 Å². The predicted molar refractivity (Wildman–Crippen MR) is 109 cm³/mol. The van der Waals surface area contributed by atoms with Gasteiger partial charge < -0.3 is 9.73 Å².